The van der Waals surface area contributed by atoms with Gasteiger partial charge in [0.05, 0.1) is 16.3 Å². The van der Waals surface area contributed by atoms with Crippen molar-refractivity contribution in [2.24, 2.45) is 0 Å². The van der Waals surface area contributed by atoms with Crippen LogP contribution in [0.5, 0.6) is 5.75 Å². The molecule has 18 heavy (non-hydrogen) atoms. The van der Waals surface area contributed by atoms with Crippen LogP contribution in [0.15, 0.2) is 41.1 Å². The fourth-order valence-electron chi connectivity index (χ4n) is 1.59. The monoisotopic (exact) mass is 261 g/mol. The zero-order valence-electron chi connectivity index (χ0n) is 9.09. The molecule has 5 nitrogen and oxygen atoms in total. The van der Waals surface area contributed by atoms with Gasteiger partial charge in [0, 0.05) is 6.20 Å². The first-order chi connectivity index (χ1) is 8.74. The van der Waals surface area contributed by atoms with E-state index in [1.54, 1.807) is 12.3 Å². The molecule has 3 rings (SSSR count). The van der Waals surface area contributed by atoms with E-state index in [2.05, 4.69) is 15.1 Å². The fraction of sp³-hybridized carbons (Fsp3) is 0. The number of phenols is 1. The van der Waals surface area contributed by atoms with Gasteiger partial charge in [0.2, 0.25) is 5.82 Å². The van der Waals surface area contributed by atoms with Crippen molar-refractivity contribution < 1.29 is 9.63 Å². The highest BCUT2D eigenvalue weighted by Gasteiger charge is 2.14. The first kappa shape index (κ1) is 10.9. The summed E-state index contributed by atoms with van der Waals surface area (Å²) in [7, 11) is 0. The van der Waals surface area contributed by atoms with Crippen LogP contribution in [-0.4, -0.2) is 20.2 Å². The van der Waals surface area contributed by atoms with E-state index in [1.165, 1.54) is 12.1 Å². The highest BCUT2D eigenvalue weighted by molar-refractivity contribution is 6.33. The highest BCUT2D eigenvalue weighted by Crippen LogP contribution is 2.30. The fourth-order valence-corrected chi connectivity index (χ4v) is 1.79. The molecule has 0 saturated carbocycles. The lowest BCUT2D eigenvalue weighted by atomic mass is 10.2. The third-order valence-electron chi connectivity index (χ3n) is 2.45. The summed E-state index contributed by atoms with van der Waals surface area (Å²) in [5.41, 5.74) is 1.25. The van der Waals surface area contributed by atoms with E-state index in [0.29, 0.717) is 16.4 Å². The maximum atomic E-state index is 9.43. The molecule has 0 bridgehead atoms. The Hall–Kier alpha value is -2.27. The molecule has 2 aromatic heterocycles. The average molecular weight is 262 g/mol. The summed E-state index contributed by atoms with van der Waals surface area (Å²) in [6.45, 7) is 0. The van der Waals surface area contributed by atoms with Crippen LogP contribution in [0.4, 0.5) is 0 Å². The van der Waals surface area contributed by atoms with Crippen molar-refractivity contribution in [1.29, 1.82) is 0 Å². The van der Waals surface area contributed by atoms with E-state index >= 15 is 0 Å². The Morgan fingerprint density at radius 1 is 1.28 bits per heavy atom. The topological polar surface area (TPSA) is 74.9 Å². The first-order valence-corrected chi connectivity index (χ1v) is 5.58. The maximum Gasteiger partial charge on any atom is 0.259 e. The van der Waals surface area contributed by atoms with E-state index in [9.17, 15) is 5.11 Å². The molecule has 2 heterocycles. The number of aromatic amines is 1. The maximum absolute atomic E-state index is 9.43. The van der Waals surface area contributed by atoms with Crippen LogP contribution in [0.2, 0.25) is 5.02 Å². The molecule has 0 spiro atoms. The molecule has 1 aromatic carbocycles. The van der Waals surface area contributed by atoms with Crippen LogP contribution in [0, 0.1) is 0 Å². The molecular formula is C12H8ClN3O2. The normalized spacial score (nSPS) is 10.7. The number of hydrogen-bond acceptors (Lipinski definition) is 4. The number of H-pyrrole nitrogens is 1. The van der Waals surface area contributed by atoms with Gasteiger partial charge < -0.3 is 14.6 Å². The number of aromatic hydroxyl groups is 1. The second-order valence-electron chi connectivity index (χ2n) is 3.67. The Bertz CT molecular complexity index is 676. The van der Waals surface area contributed by atoms with E-state index in [0.717, 1.165) is 5.69 Å². The molecule has 0 aliphatic rings. The van der Waals surface area contributed by atoms with Crippen molar-refractivity contribution >= 4 is 11.6 Å². The lowest BCUT2D eigenvalue weighted by Gasteiger charge is -1.98. The Morgan fingerprint density at radius 3 is 2.94 bits per heavy atom. The van der Waals surface area contributed by atoms with E-state index < -0.39 is 0 Å². The minimum Gasteiger partial charge on any atom is -0.508 e. The van der Waals surface area contributed by atoms with Crippen molar-refractivity contribution in [3.63, 3.8) is 0 Å². The Morgan fingerprint density at radius 2 is 2.17 bits per heavy atom. The molecule has 2 N–H and O–H groups in total. The second-order valence-corrected chi connectivity index (χ2v) is 4.08. The van der Waals surface area contributed by atoms with Crippen LogP contribution in [0.1, 0.15) is 0 Å². The van der Waals surface area contributed by atoms with E-state index in [1.807, 2.05) is 12.1 Å². The molecule has 0 radical (unpaired) electrons. The molecule has 0 fully saturated rings. The van der Waals surface area contributed by atoms with Gasteiger partial charge in [0.25, 0.3) is 5.89 Å². The second kappa shape index (κ2) is 4.19. The van der Waals surface area contributed by atoms with Crippen molar-refractivity contribution in [3.05, 3.63) is 41.6 Å². The Balaban J connectivity index is 2.05. The molecule has 0 aliphatic carbocycles. The molecule has 0 amide bonds. The van der Waals surface area contributed by atoms with Gasteiger partial charge in [-0.2, -0.15) is 4.98 Å². The van der Waals surface area contributed by atoms with Gasteiger partial charge in [0.15, 0.2) is 0 Å². The molecule has 90 valence electrons. The summed E-state index contributed by atoms with van der Waals surface area (Å²) < 4.78 is 5.13. The smallest absolute Gasteiger partial charge is 0.259 e. The van der Waals surface area contributed by atoms with E-state index in [4.69, 9.17) is 16.1 Å². The third kappa shape index (κ3) is 1.84. The van der Waals surface area contributed by atoms with Gasteiger partial charge >= 0.3 is 0 Å². The molecule has 0 unspecified atom stereocenters. The van der Waals surface area contributed by atoms with Crippen LogP contribution in [-0.2, 0) is 0 Å². The van der Waals surface area contributed by atoms with Crippen LogP contribution in [0.3, 0.4) is 0 Å². The summed E-state index contributed by atoms with van der Waals surface area (Å²) in [4.78, 5) is 7.20. The van der Waals surface area contributed by atoms with Crippen molar-refractivity contribution in [1.82, 2.24) is 15.1 Å². The van der Waals surface area contributed by atoms with Gasteiger partial charge in [-0.15, -0.1) is 0 Å². The summed E-state index contributed by atoms with van der Waals surface area (Å²) in [6, 6.07) is 8.22. The number of aromatic nitrogens is 3. The number of phenolic OH excluding ortho intramolecular Hbond substituents is 1. The predicted molar refractivity (Wildman–Crippen MR) is 66.2 cm³/mol. The van der Waals surface area contributed by atoms with Gasteiger partial charge in [-0.25, -0.2) is 0 Å². The zero-order valence-corrected chi connectivity index (χ0v) is 9.85. The van der Waals surface area contributed by atoms with Crippen molar-refractivity contribution in [2.75, 3.05) is 0 Å². The molecule has 3 aromatic rings. The van der Waals surface area contributed by atoms with Gasteiger partial charge in [-0.1, -0.05) is 16.8 Å². The SMILES string of the molecule is Oc1ccc(Cl)c(-c2nc(-c3ccc[nH]3)no2)c1. The first-order valence-electron chi connectivity index (χ1n) is 5.20. The minimum atomic E-state index is 0.0917. The average Bonchev–Trinajstić information content (AvgIpc) is 3.00. The molecular weight excluding hydrogens is 254 g/mol. The number of hydrogen-bond donors (Lipinski definition) is 2. The Labute approximate surface area is 107 Å². The summed E-state index contributed by atoms with van der Waals surface area (Å²) in [5.74, 6) is 0.795. The summed E-state index contributed by atoms with van der Waals surface area (Å²) >= 11 is 6.02. The summed E-state index contributed by atoms with van der Waals surface area (Å²) in [5, 5.41) is 13.7. The van der Waals surface area contributed by atoms with Gasteiger partial charge in [-0.3, -0.25) is 0 Å². The van der Waals surface area contributed by atoms with Crippen LogP contribution in [0.25, 0.3) is 23.0 Å². The van der Waals surface area contributed by atoms with Crippen LogP contribution >= 0.6 is 11.6 Å². The van der Waals surface area contributed by atoms with Crippen molar-refractivity contribution in [3.8, 4) is 28.7 Å². The van der Waals surface area contributed by atoms with Crippen LogP contribution < -0.4 is 0 Å². The number of nitrogens with one attached hydrogen (secondary N) is 1. The van der Waals surface area contributed by atoms with Crippen molar-refractivity contribution in [2.45, 2.75) is 0 Å². The number of nitrogens with zero attached hydrogens (tertiary/aromatic N) is 2. The molecule has 0 aliphatic heterocycles. The molecule has 0 atom stereocenters. The molecule has 6 heteroatoms. The minimum absolute atomic E-state index is 0.0917. The predicted octanol–water partition coefficient (Wildman–Crippen LogP) is 3.09. The Kier molecular flexibility index (Phi) is 2.53. The van der Waals surface area contributed by atoms with Gasteiger partial charge in [0.1, 0.15) is 5.75 Å². The van der Waals surface area contributed by atoms with E-state index in [-0.39, 0.29) is 11.6 Å². The quantitative estimate of drug-likeness (QED) is 0.743. The third-order valence-corrected chi connectivity index (χ3v) is 2.77. The lowest BCUT2D eigenvalue weighted by Crippen LogP contribution is -1.82. The molecule has 0 saturated heterocycles. The largest absolute Gasteiger partial charge is 0.508 e. The highest BCUT2D eigenvalue weighted by atomic mass is 35.5. The van der Waals surface area contributed by atoms with Gasteiger partial charge in [-0.05, 0) is 30.3 Å². The summed E-state index contributed by atoms with van der Waals surface area (Å²) in [6.07, 6.45) is 1.77. The number of benzene rings is 1. The number of halogens is 1. The lowest BCUT2D eigenvalue weighted by molar-refractivity contribution is 0.431. The standard InChI is InChI=1S/C12H8ClN3O2/c13-9-4-3-7(17)6-8(9)12-15-11(16-18-12)10-2-1-5-14-10/h1-6,14,17H. The number of rotatable bonds is 2. The zero-order chi connectivity index (χ0) is 12.5.